The van der Waals surface area contributed by atoms with Crippen molar-refractivity contribution in [2.75, 3.05) is 18.9 Å². The number of nitrogens with zero attached hydrogens (tertiary/aromatic N) is 5. The predicted octanol–water partition coefficient (Wildman–Crippen LogP) is 2.95. The Morgan fingerprint density at radius 3 is 2.83 bits per heavy atom. The molecule has 1 amide bonds. The van der Waals surface area contributed by atoms with Crippen LogP contribution in [0.3, 0.4) is 0 Å². The van der Waals surface area contributed by atoms with Gasteiger partial charge in [-0.1, -0.05) is 12.1 Å². The fraction of sp³-hybridized carbons (Fsp3) is 0.150. The number of imidazole rings is 1. The molecule has 30 heavy (non-hydrogen) atoms. The van der Waals surface area contributed by atoms with Gasteiger partial charge in [-0.2, -0.15) is 0 Å². The zero-order valence-corrected chi connectivity index (χ0v) is 15.9. The molecule has 0 bridgehead atoms. The third-order valence-electron chi connectivity index (χ3n) is 4.30. The van der Waals surface area contributed by atoms with Crippen LogP contribution in [0.15, 0.2) is 55.1 Å². The number of likely N-dealkylation sites (N-methyl/N-ethyl adjacent to an activating group) is 1. The summed E-state index contributed by atoms with van der Waals surface area (Å²) in [6, 6.07) is 8.97. The van der Waals surface area contributed by atoms with Gasteiger partial charge in [-0.05, 0) is 25.2 Å². The highest BCUT2D eigenvalue weighted by Gasteiger charge is 2.15. The maximum atomic E-state index is 13.0. The van der Waals surface area contributed by atoms with E-state index in [-0.39, 0.29) is 18.1 Å². The van der Waals surface area contributed by atoms with Gasteiger partial charge in [-0.25, -0.2) is 28.7 Å². The minimum Gasteiger partial charge on any atom is -0.325 e. The summed E-state index contributed by atoms with van der Waals surface area (Å²) in [5.41, 5.74) is 2.54. The summed E-state index contributed by atoms with van der Waals surface area (Å²) in [7, 11) is 1.69. The Bertz CT molecular complexity index is 1210. The second kappa shape index (κ2) is 8.29. The van der Waals surface area contributed by atoms with Crippen LogP contribution in [0, 0.1) is 0 Å². The number of rotatable bonds is 6. The molecular weight excluding hydrogens is 392 g/mol. The fourth-order valence-corrected chi connectivity index (χ4v) is 2.95. The van der Waals surface area contributed by atoms with E-state index in [1.54, 1.807) is 37.5 Å². The number of halogens is 2. The van der Waals surface area contributed by atoms with Crippen molar-refractivity contribution in [3.8, 4) is 22.8 Å². The molecule has 0 radical (unpaired) electrons. The Morgan fingerprint density at radius 2 is 2.03 bits per heavy atom. The highest BCUT2D eigenvalue weighted by molar-refractivity contribution is 5.92. The lowest BCUT2D eigenvalue weighted by Crippen LogP contribution is -2.24. The van der Waals surface area contributed by atoms with Crippen molar-refractivity contribution in [3.63, 3.8) is 0 Å². The topological polar surface area (TPSA) is 97.1 Å². The Hall–Kier alpha value is -3.79. The van der Waals surface area contributed by atoms with E-state index in [9.17, 15) is 13.6 Å². The van der Waals surface area contributed by atoms with Crippen LogP contribution in [0.1, 0.15) is 12.1 Å². The molecule has 0 saturated carbocycles. The number of carbonyl (C=O) groups excluding carboxylic acids is 1. The number of nitrogens with one attached hydrogen (secondary N) is 2. The van der Waals surface area contributed by atoms with Crippen LogP contribution < -0.4 is 10.6 Å². The molecule has 0 atom stereocenters. The average Bonchev–Trinajstić information content (AvgIpc) is 3.17. The second-order valence-electron chi connectivity index (χ2n) is 6.41. The molecule has 0 unspecified atom stereocenters. The quantitative estimate of drug-likeness (QED) is 0.508. The molecule has 8 nitrogen and oxygen atoms in total. The van der Waals surface area contributed by atoms with E-state index in [2.05, 4.69) is 30.6 Å². The average molecular weight is 409 g/mol. The third-order valence-corrected chi connectivity index (χ3v) is 4.30. The van der Waals surface area contributed by atoms with Crippen LogP contribution in [0.25, 0.3) is 28.4 Å². The van der Waals surface area contributed by atoms with E-state index >= 15 is 0 Å². The number of fused-ring (bicyclic) bond motifs is 1. The number of carbonyl (C=O) groups is 1. The molecule has 4 aromatic rings. The first kappa shape index (κ1) is 19.5. The molecule has 152 valence electrons. The van der Waals surface area contributed by atoms with Crippen LogP contribution in [0.4, 0.5) is 14.5 Å². The SMILES string of the molecule is CNCC(=O)Nc1cccc(-c2ccnc(-c3cnc4cnc(C(F)F)cn34)n2)c1. The van der Waals surface area contributed by atoms with Crippen molar-refractivity contribution in [1.29, 1.82) is 0 Å². The first-order valence-corrected chi connectivity index (χ1v) is 9.04. The van der Waals surface area contributed by atoms with Crippen molar-refractivity contribution >= 4 is 17.2 Å². The van der Waals surface area contributed by atoms with E-state index < -0.39 is 6.43 Å². The monoisotopic (exact) mass is 409 g/mol. The molecule has 10 heteroatoms. The Balaban J connectivity index is 1.69. The van der Waals surface area contributed by atoms with Gasteiger partial charge in [0.1, 0.15) is 11.4 Å². The minimum atomic E-state index is -2.70. The molecular formula is C20H17F2N7O. The zero-order chi connectivity index (χ0) is 21.1. The Labute approximate surface area is 170 Å². The zero-order valence-electron chi connectivity index (χ0n) is 15.9. The highest BCUT2D eigenvalue weighted by atomic mass is 19.3. The van der Waals surface area contributed by atoms with E-state index in [1.807, 2.05) is 6.07 Å². The minimum absolute atomic E-state index is 0.160. The van der Waals surface area contributed by atoms with Crippen LogP contribution >= 0.6 is 0 Å². The number of anilines is 1. The lowest BCUT2D eigenvalue weighted by molar-refractivity contribution is -0.115. The highest BCUT2D eigenvalue weighted by Crippen LogP contribution is 2.25. The summed E-state index contributed by atoms with van der Waals surface area (Å²) < 4.78 is 27.6. The molecule has 0 aliphatic heterocycles. The second-order valence-corrected chi connectivity index (χ2v) is 6.41. The van der Waals surface area contributed by atoms with Gasteiger partial charge in [0.15, 0.2) is 11.5 Å². The molecule has 0 fully saturated rings. The predicted molar refractivity (Wildman–Crippen MR) is 107 cm³/mol. The third kappa shape index (κ3) is 3.98. The number of hydrogen-bond acceptors (Lipinski definition) is 6. The van der Waals surface area contributed by atoms with Crippen LogP contribution in [-0.2, 0) is 4.79 Å². The van der Waals surface area contributed by atoms with Gasteiger partial charge >= 0.3 is 0 Å². The number of amides is 1. The molecule has 0 aliphatic rings. The maximum absolute atomic E-state index is 13.0. The maximum Gasteiger partial charge on any atom is 0.281 e. The van der Waals surface area contributed by atoms with Gasteiger partial charge in [0, 0.05) is 23.6 Å². The standard InChI is InChI=1S/C20H17F2N7O/c1-23-10-18(30)27-13-4-2-3-12(7-13)14-5-6-24-20(28-14)16-8-26-17-9-25-15(19(21)22)11-29(16)17/h2-9,11,19,23H,10H2,1H3,(H,27,30). The summed E-state index contributed by atoms with van der Waals surface area (Å²) in [6.45, 7) is 0.200. The number of hydrogen-bond donors (Lipinski definition) is 2. The first-order valence-electron chi connectivity index (χ1n) is 9.04. The van der Waals surface area contributed by atoms with Crippen LogP contribution in [-0.4, -0.2) is 43.8 Å². The molecule has 0 spiro atoms. The smallest absolute Gasteiger partial charge is 0.281 e. The molecule has 0 saturated heterocycles. The summed E-state index contributed by atoms with van der Waals surface area (Å²) in [4.78, 5) is 28.5. The summed E-state index contributed by atoms with van der Waals surface area (Å²) in [5.74, 6) is 0.170. The van der Waals surface area contributed by atoms with Crippen molar-refractivity contribution in [3.05, 3.63) is 60.8 Å². The summed E-state index contributed by atoms with van der Waals surface area (Å²) >= 11 is 0. The van der Waals surface area contributed by atoms with E-state index in [4.69, 9.17) is 0 Å². The van der Waals surface area contributed by atoms with Gasteiger partial charge < -0.3 is 10.6 Å². The van der Waals surface area contributed by atoms with E-state index in [0.29, 0.717) is 28.5 Å². The largest absolute Gasteiger partial charge is 0.325 e. The van der Waals surface area contributed by atoms with Crippen LogP contribution in [0.2, 0.25) is 0 Å². The molecule has 4 rings (SSSR count). The fourth-order valence-electron chi connectivity index (χ4n) is 2.95. The Kier molecular flexibility index (Phi) is 5.40. The number of benzene rings is 1. The summed E-state index contributed by atoms with van der Waals surface area (Å²) in [6.07, 6.45) is 2.92. The lowest BCUT2D eigenvalue weighted by Gasteiger charge is -2.08. The Morgan fingerprint density at radius 1 is 1.17 bits per heavy atom. The number of aromatic nitrogens is 5. The number of alkyl halides is 2. The molecule has 3 aromatic heterocycles. The van der Waals surface area contributed by atoms with Gasteiger partial charge in [0.05, 0.1) is 24.6 Å². The van der Waals surface area contributed by atoms with Crippen molar-refractivity contribution < 1.29 is 13.6 Å². The first-order chi connectivity index (χ1) is 14.5. The lowest BCUT2D eigenvalue weighted by atomic mass is 10.1. The van der Waals surface area contributed by atoms with E-state index in [0.717, 1.165) is 5.56 Å². The van der Waals surface area contributed by atoms with Crippen molar-refractivity contribution in [2.45, 2.75) is 6.43 Å². The normalized spacial score (nSPS) is 11.2. The molecule has 3 heterocycles. The van der Waals surface area contributed by atoms with Crippen molar-refractivity contribution in [2.24, 2.45) is 0 Å². The van der Waals surface area contributed by atoms with Gasteiger partial charge in [0.2, 0.25) is 5.91 Å². The molecule has 0 aliphatic carbocycles. The molecule has 2 N–H and O–H groups in total. The van der Waals surface area contributed by atoms with Crippen LogP contribution in [0.5, 0.6) is 0 Å². The van der Waals surface area contributed by atoms with Gasteiger partial charge in [-0.15, -0.1) is 0 Å². The van der Waals surface area contributed by atoms with Gasteiger partial charge in [0.25, 0.3) is 6.43 Å². The van der Waals surface area contributed by atoms with Crippen molar-refractivity contribution in [1.82, 2.24) is 29.7 Å². The summed E-state index contributed by atoms with van der Waals surface area (Å²) in [5, 5.41) is 5.59. The van der Waals surface area contributed by atoms with E-state index in [1.165, 1.54) is 23.0 Å². The van der Waals surface area contributed by atoms with Gasteiger partial charge in [-0.3, -0.25) is 9.20 Å². The molecule has 1 aromatic carbocycles.